The van der Waals surface area contributed by atoms with Crippen LogP contribution >= 0.6 is 11.3 Å². The number of hydrogen-bond acceptors (Lipinski definition) is 6. The van der Waals surface area contributed by atoms with Crippen molar-refractivity contribution in [3.05, 3.63) is 40.2 Å². The summed E-state index contributed by atoms with van der Waals surface area (Å²) in [5, 5.41) is 11.6. The van der Waals surface area contributed by atoms with Crippen molar-refractivity contribution in [2.24, 2.45) is 0 Å². The smallest absolute Gasteiger partial charge is 0.275 e. The maximum Gasteiger partial charge on any atom is 0.275 e. The molecule has 0 aliphatic carbocycles. The van der Waals surface area contributed by atoms with Crippen LogP contribution in [-0.4, -0.2) is 53.4 Å². The summed E-state index contributed by atoms with van der Waals surface area (Å²) in [7, 11) is 1.66. The summed E-state index contributed by atoms with van der Waals surface area (Å²) >= 11 is 1.63. The number of fused-ring (bicyclic) bond motifs is 3. The van der Waals surface area contributed by atoms with Gasteiger partial charge in [0.25, 0.3) is 5.91 Å². The highest BCUT2D eigenvalue weighted by Crippen LogP contribution is 2.45. The van der Waals surface area contributed by atoms with Gasteiger partial charge in [-0.05, 0) is 42.3 Å². The molecule has 1 amide bonds. The van der Waals surface area contributed by atoms with E-state index in [0.717, 1.165) is 33.7 Å². The van der Waals surface area contributed by atoms with Crippen LogP contribution in [0.5, 0.6) is 11.5 Å². The number of nitrogens with one attached hydrogen (secondary N) is 1. The zero-order chi connectivity index (χ0) is 20.9. The Morgan fingerprint density at radius 1 is 1.33 bits per heavy atom. The molecule has 4 heterocycles. The van der Waals surface area contributed by atoms with Crippen LogP contribution in [0.1, 0.15) is 29.9 Å². The van der Waals surface area contributed by atoms with Crippen molar-refractivity contribution in [1.82, 2.24) is 15.1 Å². The lowest BCUT2D eigenvalue weighted by Gasteiger charge is -2.41. The third-order valence-electron chi connectivity index (χ3n) is 5.74. The van der Waals surface area contributed by atoms with Crippen molar-refractivity contribution in [2.75, 3.05) is 26.9 Å². The molecule has 2 aliphatic rings. The monoisotopic (exact) mass is 425 g/mol. The fourth-order valence-corrected chi connectivity index (χ4v) is 4.76. The van der Waals surface area contributed by atoms with Gasteiger partial charge in [-0.3, -0.25) is 9.89 Å². The Morgan fingerprint density at radius 2 is 2.20 bits per heavy atom. The normalized spacial score (nSPS) is 17.1. The third-order valence-corrected chi connectivity index (χ3v) is 6.42. The Balaban J connectivity index is 1.57. The van der Waals surface area contributed by atoms with Crippen LogP contribution in [0.3, 0.4) is 0 Å². The number of benzene rings is 1. The highest BCUT2D eigenvalue weighted by Gasteiger charge is 2.38. The minimum atomic E-state index is -0.381. The summed E-state index contributed by atoms with van der Waals surface area (Å²) in [4.78, 5) is 15.2. The molecule has 30 heavy (non-hydrogen) atoms. The number of rotatable bonds is 3. The van der Waals surface area contributed by atoms with Gasteiger partial charge in [0.15, 0.2) is 5.69 Å². The number of morpholine rings is 1. The Labute approximate surface area is 178 Å². The van der Waals surface area contributed by atoms with Gasteiger partial charge in [-0.2, -0.15) is 16.4 Å². The number of thiophene rings is 1. The number of ether oxygens (including phenoxy) is 3. The molecule has 3 aromatic rings. The maximum absolute atomic E-state index is 13.3. The third kappa shape index (κ3) is 2.98. The fourth-order valence-electron chi connectivity index (χ4n) is 4.11. The van der Waals surface area contributed by atoms with E-state index < -0.39 is 0 Å². The lowest BCUT2D eigenvalue weighted by Crippen LogP contribution is -2.55. The zero-order valence-corrected chi connectivity index (χ0v) is 18.0. The lowest BCUT2D eigenvalue weighted by atomic mass is 9.96. The predicted octanol–water partition coefficient (Wildman–Crippen LogP) is 3.96. The van der Waals surface area contributed by atoms with Crippen LogP contribution in [0.15, 0.2) is 29.0 Å². The molecule has 0 spiro atoms. The molecule has 156 valence electrons. The van der Waals surface area contributed by atoms with E-state index in [-0.39, 0.29) is 18.1 Å². The van der Waals surface area contributed by atoms with Crippen molar-refractivity contribution in [2.45, 2.75) is 26.0 Å². The second kappa shape index (κ2) is 7.14. The van der Waals surface area contributed by atoms with Gasteiger partial charge in [0.2, 0.25) is 0 Å². The van der Waals surface area contributed by atoms with Crippen molar-refractivity contribution in [1.29, 1.82) is 0 Å². The van der Waals surface area contributed by atoms with E-state index in [0.29, 0.717) is 31.2 Å². The van der Waals surface area contributed by atoms with Gasteiger partial charge in [-0.15, -0.1) is 0 Å². The second-order valence-corrected chi connectivity index (χ2v) is 8.88. The fraction of sp³-hybridized carbons (Fsp3) is 0.364. The number of carbonyl (C=O) groups is 1. The van der Waals surface area contributed by atoms with E-state index in [1.807, 2.05) is 36.3 Å². The van der Waals surface area contributed by atoms with Crippen LogP contribution in [0.25, 0.3) is 22.4 Å². The van der Waals surface area contributed by atoms with Crippen LogP contribution in [0.2, 0.25) is 0 Å². The molecule has 1 aromatic carbocycles. The predicted molar refractivity (Wildman–Crippen MR) is 114 cm³/mol. The first-order valence-corrected chi connectivity index (χ1v) is 10.8. The Morgan fingerprint density at radius 3 is 2.93 bits per heavy atom. The number of aromatic amines is 1. The van der Waals surface area contributed by atoms with Crippen molar-refractivity contribution in [3.63, 3.8) is 0 Å². The number of amides is 1. The molecule has 0 saturated carbocycles. The molecule has 0 radical (unpaired) electrons. The Bertz CT molecular complexity index is 1100. The SMILES string of the molecule is COc1cc2c(cc1-c1ccsc1)-c1[nH]nc(C(=O)N3CCOCC3(C)C)c1CO2. The van der Waals surface area contributed by atoms with Gasteiger partial charge in [-0.25, -0.2) is 0 Å². The molecular formula is C22H23N3O4S. The van der Waals surface area contributed by atoms with Gasteiger partial charge in [0.1, 0.15) is 18.1 Å². The van der Waals surface area contributed by atoms with Crippen molar-refractivity contribution >= 4 is 17.2 Å². The summed E-state index contributed by atoms with van der Waals surface area (Å²) in [6.07, 6.45) is 0. The number of H-pyrrole nitrogens is 1. The summed E-state index contributed by atoms with van der Waals surface area (Å²) in [5.41, 5.74) is 4.59. The molecule has 0 atom stereocenters. The van der Waals surface area contributed by atoms with E-state index in [4.69, 9.17) is 14.2 Å². The number of nitrogens with zero attached hydrogens (tertiary/aromatic N) is 2. The zero-order valence-electron chi connectivity index (χ0n) is 17.2. The molecule has 2 aromatic heterocycles. The van der Waals surface area contributed by atoms with E-state index in [9.17, 15) is 4.79 Å². The number of methoxy groups -OCH3 is 1. The molecule has 1 N–H and O–H groups in total. The minimum Gasteiger partial charge on any atom is -0.496 e. The highest BCUT2D eigenvalue weighted by atomic mass is 32.1. The number of aromatic nitrogens is 2. The van der Waals surface area contributed by atoms with Gasteiger partial charge < -0.3 is 19.1 Å². The van der Waals surface area contributed by atoms with Crippen molar-refractivity contribution < 1.29 is 19.0 Å². The largest absolute Gasteiger partial charge is 0.496 e. The lowest BCUT2D eigenvalue weighted by molar-refractivity contribution is -0.0374. The Hall–Kier alpha value is -2.84. The topological polar surface area (TPSA) is 76.7 Å². The van der Waals surface area contributed by atoms with E-state index in [1.54, 1.807) is 18.4 Å². The summed E-state index contributed by atoms with van der Waals surface area (Å²) in [6, 6.07) is 6.00. The molecule has 8 heteroatoms. The molecule has 5 rings (SSSR count). The van der Waals surface area contributed by atoms with Gasteiger partial charge in [0, 0.05) is 29.3 Å². The Kier molecular flexibility index (Phi) is 4.56. The quantitative estimate of drug-likeness (QED) is 0.687. The summed E-state index contributed by atoms with van der Waals surface area (Å²) in [6.45, 7) is 5.89. The minimum absolute atomic E-state index is 0.0978. The first-order chi connectivity index (χ1) is 14.5. The van der Waals surface area contributed by atoms with Crippen LogP contribution in [0.4, 0.5) is 0 Å². The van der Waals surface area contributed by atoms with Gasteiger partial charge >= 0.3 is 0 Å². The average Bonchev–Trinajstić information content (AvgIpc) is 3.42. The summed E-state index contributed by atoms with van der Waals surface area (Å²) in [5.74, 6) is 1.37. The second-order valence-electron chi connectivity index (χ2n) is 8.10. The van der Waals surface area contributed by atoms with E-state index in [1.165, 1.54) is 0 Å². The maximum atomic E-state index is 13.3. The van der Waals surface area contributed by atoms with Crippen molar-refractivity contribution in [3.8, 4) is 33.9 Å². The highest BCUT2D eigenvalue weighted by molar-refractivity contribution is 7.08. The first-order valence-electron chi connectivity index (χ1n) is 9.84. The molecular weight excluding hydrogens is 402 g/mol. The molecule has 2 aliphatic heterocycles. The number of hydrogen-bond donors (Lipinski definition) is 1. The van der Waals surface area contributed by atoms with Gasteiger partial charge in [-0.1, -0.05) is 0 Å². The first kappa shape index (κ1) is 19.1. The van der Waals surface area contributed by atoms with Crippen LogP contribution in [-0.2, 0) is 11.3 Å². The molecule has 0 unspecified atom stereocenters. The summed E-state index contributed by atoms with van der Waals surface area (Å²) < 4.78 is 17.2. The van der Waals surface area contributed by atoms with Crippen LogP contribution < -0.4 is 9.47 Å². The van der Waals surface area contributed by atoms with E-state index >= 15 is 0 Å². The van der Waals surface area contributed by atoms with E-state index in [2.05, 4.69) is 21.6 Å². The van der Waals surface area contributed by atoms with Gasteiger partial charge in [0.05, 0.1) is 31.6 Å². The van der Waals surface area contributed by atoms with Crippen LogP contribution in [0, 0.1) is 0 Å². The molecule has 1 saturated heterocycles. The number of carbonyl (C=O) groups excluding carboxylic acids is 1. The molecule has 7 nitrogen and oxygen atoms in total. The molecule has 1 fully saturated rings. The molecule has 0 bridgehead atoms. The standard InChI is InChI=1S/C22H23N3O4S/c1-22(2)12-28-6-5-25(22)21(26)20-16-10-29-18-9-17(27-3)14(13-4-7-30-11-13)8-15(18)19(16)23-24-20/h4,7-9,11H,5-6,10,12H2,1-3H3,(H,23,24). The average molecular weight is 426 g/mol.